The van der Waals surface area contributed by atoms with Crippen LogP contribution in [0.2, 0.25) is 5.15 Å². The standard InChI is InChI=1S/C25H34ClN7O3S/c1-4-27-25(35)33-14-13-32(16-18(33)2)22-15-21(26)28-24(29-22)37-17-23(34)31-11-9-30(10-12-31)19-7-5-6-8-20(19)36-3/h5-8,15,18H,4,9-14,16-17H2,1-3H3,(H,27,35). The molecule has 1 aromatic heterocycles. The van der Waals surface area contributed by atoms with Gasteiger partial charge in [0.15, 0.2) is 5.16 Å². The summed E-state index contributed by atoms with van der Waals surface area (Å²) < 4.78 is 5.48. The molecule has 2 aromatic rings. The van der Waals surface area contributed by atoms with Crippen molar-refractivity contribution < 1.29 is 14.3 Å². The number of carbonyl (C=O) groups excluding carboxylic acids is 2. The molecule has 0 saturated carbocycles. The van der Waals surface area contributed by atoms with E-state index in [-0.39, 0.29) is 23.7 Å². The number of benzene rings is 1. The predicted octanol–water partition coefficient (Wildman–Crippen LogP) is 2.82. The van der Waals surface area contributed by atoms with Crippen LogP contribution in [-0.4, -0.2) is 103 Å². The minimum atomic E-state index is -0.0473. The molecule has 200 valence electrons. The Morgan fingerprint density at radius 2 is 1.84 bits per heavy atom. The largest absolute Gasteiger partial charge is 0.495 e. The Morgan fingerprint density at radius 3 is 2.54 bits per heavy atom. The third kappa shape index (κ3) is 6.70. The molecule has 3 heterocycles. The number of amides is 3. The van der Waals surface area contributed by atoms with Gasteiger partial charge in [-0.2, -0.15) is 0 Å². The Bertz CT molecular complexity index is 1100. The third-order valence-electron chi connectivity index (χ3n) is 6.58. The summed E-state index contributed by atoms with van der Waals surface area (Å²) in [5.74, 6) is 1.85. The molecule has 4 rings (SSSR count). The van der Waals surface area contributed by atoms with E-state index in [1.807, 2.05) is 47.9 Å². The Labute approximate surface area is 227 Å². The van der Waals surface area contributed by atoms with Crippen molar-refractivity contribution in [2.45, 2.75) is 25.0 Å². The highest BCUT2D eigenvalue weighted by Crippen LogP contribution is 2.29. The average molecular weight is 548 g/mol. The second-order valence-electron chi connectivity index (χ2n) is 8.98. The number of nitrogens with one attached hydrogen (secondary N) is 1. The van der Waals surface area contributed by atoms with Crippen molar-refractivity contribution in [3.05, 3.63) is 35.5 Å². The molecule has 0 aliphatic carbocycles. The number of para-hydroxylation sites is 2. The zero-order valence-corrected chi connectivity index (χ0v) is 23.1. The number of urea groups is 1. The molecule has 0 spiro atoms. The topological polar surface area (TPSA) is 94.1 Å². The lowest BCUT2D eigenvalue weighted by atomic mass is 10.2. The van der Waals surface area contributed by atoms with E-state index in [0.29, 0.717) is 55.4 Å². The van der Waals surface area contributed by atoms with Gasteiger partial charge in [-0.15, -0.1) is 0 Å². The van der Waals surface area contributed by atoms with E-state index in [9.17, 15) is 9.59 Å². The first kappa shape index (κ1) is 27.1. The van der Waals surface area contributed by atoms with Crippen molar-refractivity contribution in [3.8, 4) is 5.75 Å². The van der Waals surface area contributed by atoms with Crippen LogP contribution >= 0.6 is 23.4 Å². The summed E-state index contributed by atoms with van der Waals surface area (Å²) in [4.78, 5) is 42.3. The number of anilines is 2. The molecule has 0 bridgehead atoms. The van der Waals surface area contributed by atoms with Crippen LogP contribution in [-0.2, 0) is 4.79 Å². The van der Waals surface area contributed by atoms with Gasteiger partial charge in [-0.3, -0.25) is 4.79 Å². The number of carbonyl (C=O) groups is 2. The molecule has 3 amide bonds. The summed E-state index contributed by atoms with van der Waals surface area (Å²) in [6.45, 7) is 9.20. The molecule has 1 N–H and O–H groups in total. The van der Waals surface area contributed by atoms with Crippen molar-refractivity contribution in [3.63, 3.8) is 0 Å². The smallest absolute Gasteiger partial charge is 0.317 e. The quantitative estimate of drug-likeness (QED) is 0.321. The minimum absolute atomic E-state index is 0.0289. The number of piperazine rings is 2. The molecule has 2 fully saturated rings. The predicted molar refractivity (Wildman–Crippen MR) is 147 cm³/mol. The summed E-state index contributed by atoms with van der Waals surface area (Å²) in [7, 11) is 1.67. The zero-order valence-electron chi connectivity index (χ0n) is 21.5. The summed E-state index contributed by atoms with van der Waals surface area (Å²) in [6, 6.07) is 9.66. The lowest BCUT2D eigenvalue weighted by molar-refractivity contribution is -0.128. The Morgan fingerprint density at radius 1 is 1.11 bits per heavy atom. The number of rotatable bonds is 7. The summed E-state index contributed by atoms with van der Waals surface area (Å²) in [5, 5.41) is 3.67. The van der Waals surface area contributed by atoms with Crippen molar-refractivity contribution in [1.82, 2.24) is 25.1 Å². The van der Waals surface area contributed by atoms with E-state index in [2.05, 4.69) is 25.1 Å². The molecule has 1 atom stereocenters. The van der Waals surface area contributed by atoms with Gasteiger partial charge in [0.25, 0.3) is 0 Å². The van der Waals surface area contributed by atoms with Crippen LogP contribution in [0.25, 0.3) is 0 Å². The van der Waals surface area contributed by atoms with Crippen LogP contribution in [0.1, 0.15) is 13.8 Å². The molecule has 0 radical (unpaired) electrons. The lowest BCUT2D eigenvalue weighted by Gasteiger charge is -2.40. The maximum absolute atomic E-state index is 12.9. The number of nitrogens with zero attached hydrogens (tertiary/aromatic N) is 6. The van der Waals surface area contributed by atoms with Crippen LogP contribution in [0.4, 0.5) is 16.3 Å². The Hall–Kier alpha value is -2.92. The van der Waals surface area contributed by atoms with E-state index in [0.717, 1.165) is 24.5 Å². The van der Waals surface area contributed by atoms with Gasteiger partial charge < -0.3 is 29.7 Å². The van der Waals surface area contributed by atoms with Gasteiger partial charge in [-0.1, -0.05) is 35.5 Å². The molecular weight excluding hydrogens is 514 g/mol. The maximum atomic E-state index is 12.9. The van der Waals surface area contributed by atoms with Gasteiger partial charge in [-0.05, 0) is 26.0 Å². The molecule has 2 aliphatic heterocycles. The maximum Gasteiger partial charge on any atom is 0.317 e. The van der Waals surface area contributed by atoms with Crippen molar-refractivity contribution >= 4 is 46.8 Å². The van der Waals surface area contributed by atoms with Gasteiger partial charge in [0.05, 0.1) is 18.6 Å². The molecule has 37 heavy (non-hydrogen) atoms. The first-order valence-electron chi connectivity index (χ1n) is 12.5. The first-order valence-corrected chi connectivity index (χ1v) is 13.9. The van der Waals surface area contributed by atoms with Gasteiger partial charge in [0, 0.05) is 64.5 Å². The third-order valence-corrected chi connectivity index (χ3v) is 7.61. The summed E-state index contributed by atoms with van der Waals surface area (Å²) in [5.41, 5.74) is 1.05. The molecular formula is C25H34ClN7O3S. The molecule has 2 aliphatic rings. The zero-order chi connectivity index (χ0) is 26.4. The first-order chi connectivity index (χ1) is 17.9. The van der Waals surface area contributed by atoms with Gasteiger partial charge in [0.2, 0.25) is 5.91 Å². The summed E-state index contributed by atoms with van der Waals surface area (Å²) >= 11 is 7.61. The van der Waals surface area contributed by atoms with Crippen LogP contribution in [0.15, 0.2) is 35.5 Å². The molecule has 1 unspecified atom stereocenters. The number of thioether (sulfide) groups is 1. The number of methoxy groups -OCH3 is 1. The Balaban J connectivity index is 1.31. The van der Waals surface area contributed by atoms with Crippen LogP contribution in [0, 0.1) is 0 Å². The van der Waals surface area contributed by atoms with Crippen LogP contribution < -0.4 is 19.9 Å². The number of halogens is 1. The lowest BCUT2D eigenvalue weighted by Crippen LogP contribution is -2.56. The van der Waals surface area contributed by atoms with Gasteiger partial charge in [0.1, 0.15) is 16.7 Å². The molecule has 2 saturated heterocycles. The molecule has 12 heteroatoms. The Kier molecular flexibility index (Phi) is 9.20. The fourth-order valence-electron chi connectivity index (χ4n) is 4.64. The normalized spacial score (nSPS) is 18.1. The minimum Gasteiger partial charge on any atom is -0.495 e. The highest BCUT2D eigenvalue weighted by Gasteiger charge is 2.28. The molecule has 1 aromatic carbocycles. The van der Waals surface area contributed by atoms with Crippen molar-refractivity contribution in [1.29, 1.82) is 0 Å². The number of aromatic nitrogens is 2. The second-order valence-corrected chi connectivity index (χ2v) is 10.3. The van der Waals surface area contributed by atoms with Crippen LogP contribution in [0.3, 0.4) is 0 Å². The monoisotopic (exact) mass is 547 g/mol. The average Bonchev–Trinajstić information content (AvgIpc) is 2.91. The molecule has 10 nitrogen and oxygen atoms in total. The fraction of sp³-hybridized carbons (Fsp3) is 0.520. The number of hydrogen-bond acceptors (Lipinski definition) is 8. The van der Waals surface area contributed by atoms with Crippen LogP contribution in [0.5, 0.6) is 5.75 Å². The highest BCUT2D eigenvalue weighted by atomic mass is 35.5. The van der Waals surface area contributed by atoms with E-state index in [4.69, 9.17) is 16.3 Å². The van der Waals surface area contributed by atoms with E-state index in [1.165, 1.54) is 11.8 Å². The van der Waals surface area contributed by atoms with Gasteiger partial charge in [-0.25, -0.2) is 14.8 Å². The number of hydrogen-bond donors (Lipinski definition) is 1. The van der Waals surface area contributed by atoms with Crippen molar-refractivity contribution in [2.24, 2.45) is 0 Å². The van der Waals surface area contributed by atoms with E-state index < -0.39 is 0 Å². The summed E-state index contributed by atoms with van der Waals surface area (Å²) in [6.07, 6.45) is 0. The van der Waals surface area contributed by atoms with E-state index in [1.54, 1.807) is 13.2 Å². The van der Waals surface area contributed by atoms with Crippen molar-refractivity contribution in [2.75, 3.05) is 75.0 Å². The van der Waals surface area contributed by atoms with Gasteiger partial charge >= 0.3 is 6.03 Å². The number of ether oxygens (including phenoxy) is 1. The SMILES string of the molecule is CCNC(=O)N1CCN(c2cc(Cl)nc(SCC(=O)N3CCN(c4ccccc4OC)CC3)n2)CC1C. The second kappa shape index (κ2) is 12.6. The van der Waals surface area contributed by atoms with E-state index >= 15 is 0 Å². The highest BCUT2D eigenvalue weighted by molar-refractivity contribution is 7.99. The fourth-order valence-corrected chi connectivity index (χ4v) is 5.62.